The molecule has 0 radical (unpaired) electrons. The highest BCUT2D eigenvalue weighted by Crippen LogP contribution is 2.32. The Balaban J connectivity index is 2.24. The Bertz CT molecular complexity index is 756. The highest BCUT2D eigenvalue weighted by molar-refractivity contribution is 6.39. The molecular formula is C23H30N2O2. The first-order valence-corrected chi connectivity index (χ1v) is 9.62. The first-order chi connectivity index (χ1) is 12.8. The number of carbonyl (C=O) groups is 2. The highest BCUT2D eigenvalue weighted by Gasteiger charge is 2.24. The van der Waals surface area contributed by atoms with E-state index in [1.807, 2.05) is 55.5 Å². The van der Waals surface area contributed by atoms with Gasteiger partial charge in [-0.2, -0.15) is 0 Å². The number of hydrogen-bond acceptors (Lipinski definition) is 2. The van der Waals surface area contributed by atoms with E-state index in [0.717, 1.165) is 22.4 Å². The maximum atomic E-state index is 12.8. The minimum atomic E-state index is -0.581. The molecule has 0 aliphatic rings. The van der Waals surface area contributed by atoms with Crippen molar-refractivity contribution in [1.82, 2.24) is 4.90 Å². The SMILES string of the molecule is CCN(Cc1ccccc1)C(=O)C(=O)Nc1c(C(C)C)cccc1C(C)C. The number of amides is 2. The van der Waals surface area contributed by atoms with Gasteiger partial charge in [0.25, 0.3) is 0 Å². The number of likely N-dealkylation sites (N-methyl/N-ethyl adjacent to an activating group) is 1. The van der Waals surface area contributed by atoms with Crippen LogP contribution in [0.15, 0.2) is 48.5 Å². The fourth-order valence-electron chi connectivity index (χ4n) is 3.14. The zero-order valence-electron chi connectivity index (χ0n) is 17.0. The largest absolute Gasteiger partial charge is 0.330 e. The molecule has 4 nitrogen and oxygen atoms in total. The van der Waals surface area contributed by atoms with Crippen LogP contribution in [-0.4, -0.2) is 23.3 Å². The van der Waals surface area contributed by atoms with E-state index in [2.05, 4.69) is 33.0 Å². The third-order valence-electron chi connectivity index (χ3n) is 4.69. The maximum absolute atomic E-state index is 12.8. The van der Waals surface area contributed by atoms with Crippen LogP contribution in [0.2, 0.25) is 0 Å². The molecular weight excluding hydrogens is 336 g/mol. The van der Waals surface area contributed by atoms with Crippen molar-refractivity contribution in [1.29, 1.82) is 0 Å². The van der Waals surface area contributed by atoms with Gasteiger partial charge in [0.15, 0.2) is 0 Å². The van der Waals surface area contributed by atoms with Crippen molar-refractivity contribution in [3.05, 3.63) is 65.2 Å². The molecule has 144 valence electrons. The average molecular weight is 367 g/mol. The van der Waals surface area contributed by atoms with Crippen LogP contribution >= 0.6 is 0 Å². The van der Waals surface area contributed by atoms with Gasteiger partial charge in [-0.1, -0.05) is 76.2 Å². The molecule has 2 aromatic rings. The predicted molar refractivity (Wildman–Crippen MR) is 111 cm³/mol. The summed E-state index contributed by atoms with van der Waals surface area (Å²) in [5.41, 5.74) is 3.88. The van der Waals surface area contributed by atoms with Crippen molar-refractivity contribution in [3.8, 4) is 0 Å². The van der Waals surface area contributed by atoms with Gasteiger partial charge in [-0.15, -0.1) is 0 Å². The summed E-state index contributed by atoms with van der Waals surface area (Å²) in [6, 6.07) is 15.7. The lowest BCUT2D eigenvalue weighted by Crippen LogP contribution is -2.39. The van der Waals surface area contributed by atoms with Crippen molar-refractivity contribution in [2.75, 3.05) is 11.9 Å². The molecule has 0 aliphatic carbocycles. The van der Waals surface area contributed by atoms with Gasteiger partial charge in [0.05, 0.1) is 0 Å². The molecule has 4 heteroatoms. The Kier molecular flexibility index (Phi) is 7.17. The number of anilines is 1. The smallest absolute Gasteiger partial charge is 0.313 e. The van der Waals surface area contributed by atoms with Crippen LogP contribution in [0.25, 0.3) is 0 Å². The molecule has 0 fully saturated rings. The average Bonchev–Trinajstić information content (AvgIpc) is 2.66. The Morgan fingerprint density at radius 2 is 1.44 bits per heavy atom. The number of rotatable bonds is 6. The van der Waals surface area contributed by atoms with Crippen molar-refractivity contribution in [3.63, 3.8) is 0 Å². The minimum absolute atomic E-state index is 0.251. The van der Waals surface area contributed by atoms with E-state index in [-0.39, 0.29) is 11.8 Å². The lowest BCUT2D eigenvalue weighted by atomic mass is 9.92. The van der Waals surface area contributed by atoms with Crippen molar-refractivity contribution >= 4 is 17.5 Å². The molecule has 0 heterocycles. The predicted octanol–water partition coefficient (Wildman–Crippen LogP) is 4.92. The molecule has 27 heavy (non-hydrogen) atoms. The van der Waals surface area contributed by atoms with E-state index >= 15 is 0 Å². The first-order valence-electron chi connectivity index (χ1n) is 9.62. The maximum Gasteiger partial charge on any atom is 0.313 e. The molecule has 0 atom stereocenters. The van der Waals surface area contributed by atoms with Crippen LogP contribution in [0.4, 0.5) is 5.69 Å². The van der Waals surface area contributed by atoms with Crippen molar-refractivity contribution in [2.45, 2.75) is 53.0 Å². The van der Waals surface area contributed by atoms with E-state index in [1.165, 1.54) is 0 Å². The minimum Gasteiger partial charge on any atom is -0.330 e. The molecule has 2 amide bonds. The molecule has 0 aromatic heterocycles. The fourth-order valence-corrected chi connectivity index (χ4v) is 3.14. The fraction of sp³-hybridized carbons (Fsp3) is 0.391. The normalized spacial score (nSPS) is 10.9. The van der Waals surface area contributed by atoms with Gasteiger partial charge in [-0.25, -0.2) is 0 Å². The summed E-state index contributed by atoms with van der Waals surface area (Å²) < 4.78 is 0. The van der Waals surface area contributed by atoms with E-state index < -0.39 is 11.8 Å². The van der Waals surface area contributed by atoms with Crippen LogP contribution in [0, 0.1) is 0 Å². The monoisotopic (exact) mass is 366 g/mol. The van der Waals surface area contributed by atoms with Gasteiger partial charge in [0.2, 0.25) is 0 Å². The number of nitrogens with zero attached hydrogens (tertiary/aromatic N) is 1. The second-order valence-electron chi connectivity index (χ2n) is 7.38. The molecule has 0 bridgehead atoms. The lowest BCUT2D eigenvalue weighted by molar-refractivity contribution is -0.143. The summed E-state index contributed by atoms with van der Waals surface area (Å²) in [7, 11) is 0. The quantitative estimate of drug-likeness (QED) is 0.738. The number of hydrogen-bond donors (Lipinski definition) is 1. The number of benzene rings is 2. The van der Waals surface area contributed by atoms with Crippen molar-refractivity contribution < 1.29 is 9.59 Å². The number of carbonyl (C=O) groups excluding carboxylic acids is 2. The molecule has 0 aliphatic heterocycles. The Morgan fingerprint density at radius 3 is 1.93 bits per heavy atom. The van der Waals surface area contributed by atoms with E-state index in [9.17, 15) is 9.59 Å². The second kappa shape index (κ2) is 9.36. The summed E-state index contributed by atoms with van der Waals surface area (Å²) in [5, 5.41) is 2.91. The molecule has 0 unspecified atom stereocenters. The summed E-state index contributed by atoms with van der Waals surface area (Å²) in [6.45, 7) is 11.1. The third-order valence-corrected chi connectivity index (χ3v) is 4.69. The topological polar surface area (TPSA) is 49.4 Å². The Hall–Kier alpha value is -2.62. The molecule has 0 spiro atoms. The zero-order chi connectivity index (χ0) is 20.0. The van der Waals surface area contributed by atoms with Gasteiger partial charge >= 0.3 is 11.8 Å². The van der Waals surface area contributed by atoms with Gasteiger partial charge in [-0.3, -0.25) is 9.59 Å². The molecule has 2 aromatic carbocycles. The van der Waals surface area contributed by atoms with E-state index in [1.54, 1.807) is 4.90 Å². The summed E-state index contributed by atoms with van der Waals surface area (Å²) in [4.78, 5) is 27.1. The van der Waals surface area contributed by atoms with Crippen LogP contribution < -0.4 is 5.32 Å². The van der Waals surface area contributed by atoms with Gasteiger partial charge in [-0.05, 0) is 35.4 Å². The Morgan fingerprint density at radius 1 is 0.889 bits per heavy atom. The van der Waals surface area contributed by atoms with Gasteiger partial charge in [0.1, 0.15) is 0 Å². The van der Waals surface area contributed by atoms with Crippen molar-refractivity contribution in [2.24, 2.45) is 0 Å². The lowest BCUT2D eigenvalue weighted by Gasteiger charge is -2.23. The van der Waals surface area contributed by atoms with Crippen LogP contribution in [0.1, 0.15) is 63.1 Å². The van der Waals surface area contributed by atoms with Gasteiger partial charge in [0, 0.05) is 18.8 Å². The third kappa shape index (κ3) is 5.19. The molecule has 0 saturated carbocycles. The first kappa shape index (κ1) is 20.7. The van der Waals surface area contributed by atoms with Crippen LogP contribution in [0.3, 0.4) is 0 Å². The molecule has 2 rings (SSSR count). The van der Waals surface area contributed by atoms with E-state index in [0.29, 0.717) is 13.1 Å². The Labute approximate surface area is 162 Å². The van der Waals surface area contributed by atoms with Crippen LogP contribution in [0.5, 0.6) is 0 Å². The summed E-state index contributed by atoms with van der Waals surface area (Å²) >= 11 is 0. The highest BCUT2D eigenvalue weighted by atomic mass is 16.2. The standard InChI is InChI=1S/C23H30N2O2/c1-6-25(15-18-11-8-7-9-12-18)23(27)22(26)24-21-19(16(2)3)13-10-14-20(21)17(4)5/h7-14,16-17H,6,15H2,1-5H3,(H,24,26). The number of nitrogens with one attached hydrogen (secondary N) is 1. The van der Waals surface area contributed by atoms with Gasteiger partial charge < -0.3 is 10.2 Å². The van der Waals surface area contributed by atoms with E-state index in [4.69, 9.17) is 0 Å². The summed E-state index contributed by atoms with van der Waals surface area (Å²) in [5.74, 6) is -0.584. The second-order valence-corrected chi connectivity index (χ2v) is 7.38. The zero-order valence-corrected chi connectivity index (χ0v) is 17.0. The van der Waals surface area contributed by atoms with Crippen LogP contribution in [-0.2, 0) is 16.1 Å². The molecule has 1 N–H and O–H groups in total. The summed E-state index contributed by atoms with van der Waals surface area (Å²) in [6.07, 6.45) is 0. The molecule has 0 saturated heterocycles. The number of para-hydroxylation sites is 1.